The molecule has 212 valence electrons. The average molecular weight is 585 g/mol. The molecular formula is C27H33ClN8O3S. The van der Waals surface area contributed by atoms with Crippen LogP contribution in [0.4, 0.5) is 0 Å². The monoisotopic (exact) mass is 584 g/mol. The van der Waals surface area contributed by atoms with Gasteiger partial charge in [0.1, 0.15) is 16.4 Å². The lowest BCUT2D eigenvalue weighted by atomic mass is 9.94. The van der Waals surface area contributed by atoms with E-state index in [1.807, 2.05) is 6.07 Å². The van der Waals surface area contributed by atoms with Crippen molar-refractivity contribution in [2.24, 2.45) is 28.1 Å². The molecule has 0 spiro atoms. The molecule has 3 aromatic rings. The van der Waals surface area contributed by atoms with E-state index in [4.69, 9.17) is 28.8 Å². The molecule has 2 aromatic heterocycles. The van der Waals surface area contributed by atoms with Crippen molar-refractivity contribution in [1.29, 1.82) is 0 Å². The Kier molecular flexibility index (Phi) is 9.67. The fourth-order valence-corrected chi connectivity index (χ4v) is 5.96. The van der Waals surface area contributed by atoms with Crippen molar-refractivity contribution in [2.75, 3.05) is 20.1 Å². The third-order valence-electron chi connectivity index (χ3n) is 6.86. The summed E-state index contributed by atoms with van der Waals surface area (Å²) in [5.41, 5.74) is 18.2. The molecule has 1 aromatic carbocycles. The van der Waals surface area contributed by atoms with E-state index in [0.29, 0.717) is 60.0 Å². The van der Waals surface area contributed by atoms with E-state index in [1.54, 1.807) is 41.6 Å². The van der Waals surface area contributed by atoms with Gasteiger partial charge >= 0.3 is 0 Å². The molecule has 1 saturated heterocycles. The lowest BCUT2D eigenvalue weighted by molar-refractivity contribution is -0.124. The minimum atomic E-state index is -0.492. The van der Waals surface area contributed by atoms with E-state index in [0.717, 1.165) is 5.39 Å². The van der Waals surface area contributed by atoms with Gasteiger partial charge in [-0.1, -0.05) is 24.1 Å². The van der Waals surface area contributed by atoms with Crippen LogP contribution in [0.1, 0.15) is 64.1 Å². The Morgan fingerprint density at radius 1 is 1.18 bits per heavy atom. The number of hydrogen-bond donors (Lipinski definition) is 4. The molecule has 13 heteroatoms. The van der Waals surface area contributed by atoms with Gasteiger partial charge in [-0.3, -0.25) is 19.4 Å². The number of aliphatic imine (C=N–C) groups is 1. The SMILES string of the molecule is CNC(=O)[C@H](CCCCN=C(N)N)CC(=O)c1csc([C@@H]2C[C@@H](N)CN2C(=O)c2ccc3cc(Cl)ccc3n2)n1. The third kappa shape index (κ3) is 7.12. The van der Waals surface area contributed by atoms with Crippen LogP contribution in [0.25, 0.3) is 10.9 Å². The topological polar surface area (TPSA) is 183 Å². The lowest BCUT2D eigenvalue weighted by Crippen LogP contribution is -2.33. The number of aromatic nitrogens is 2. The Hall–Kier alpha value is -3.61. The molecule has 0 radical (unpaired) electrons. The van der Waals surface area contributed by atoms with Gasteiger partial charge in [-0.05, 0) is 43.5 Å². The first kappa shape index (κ1) is 29.4. The van der Waals surface area contributed by atoms with E-state index < -0.39 is 5.92 Å². The number of pyridine rings is 1. The minimum absolute atomic E-state index is 0.0275. The maximum atomic E-state index is 13.5. The second kappa shape index (κ2) is 13.2. The summed E-state index contributed by atoms with van der Waals surface area (Å²) in [6.07, 6.45) is 2.46. The molecule has 1 fully saturated rings. The Morgan fingerprint density at radius 2 is 1.98 bits per heavy atom. The molecule has 1 aliphatic heterocycles. The van der Waals surface area contributed by atoms with Gasteiger partial charge in [0.2, 0.25) is 5.91 Å². The zero-order chi connectivity index (χ0) is 28.8. The van der Waals surface area contributed by atoms with Gasteiger partial charge in [-0.25, -0.2) is 9.97 Å². The zero-order valence-corrected chi connectivity index (χ0v) is 23.8. The normalized spacial score (nSPS) is 17.5. The molecule has 40 heavy (non-hydrogen) atoms. The Bertz CT molecular complexity index is 1420. The number of nitrogens with two attached hydrogens (primary N) is 3. The summed E-state index contributed by atoms with van der Waals surface area (Å²) in [5.74, 6) is -1.14. The highest BCUT2D eigenvalue weighted by molar-refractivity contribution is 7.09. The number of halogens is 1. The number of nitrogens with one attached hydrogen (secondary N) is 1. The quantitative estimate of drug-likeness (QED) is 0.115. The van der Waals surface area contributed by atoms with E-state index in [2.05, 4.69) is 20.3 Å². The summed E-state index contributed by atoms with van der Waals surface area (Å²) in [6, 6.07) is 8.19. The van der Waals surface area contributed by atoms with Crippen LogP contribution in [-0.4, -0.2) is 64.6 Å². The summed E-state index contributed by atoms with van der Waals surface area (Å²) in [7, 11) is 1.55. The van der Waals surface area contributed by atoms with Crippen LogP contribution in [0.2, 0.25) is 5.02 Å². The highest BCUT2D eigenvalue weighted by Gasteiger charge is 2.37. The number of carbonyl (C=O) groups excluding carboxylic acids is 3. The average Bonchev–Trinajstić information content (AvgIpc) is 3.58. The predicted octanol–water partition coefficient (Wildman–Crippen LogP) is 2.64. The molecule has 0 unspecified atom stereocenters. The third-order valence-corrected chi connectivity index (χ3v) is 8.04. The van der Waals surface area contributed by atoms with Crippen LogP contribution in [0, 0.1) is 5.92 Å². The molecule has 3 atom stereocenters. The number of Topliss-reactive ketones (excluding diaryl/α,β-unsaturated/α-hetero) is 1. The number of fused-ring (bicyclic) bond motifs is 1. The molecular weight excluding hydrogens is 552 g/mol. The van der Waals surface area contributed by atoms with Gasteiger partial charge in [0.25, 0.3) is 5.91 Å². The fraction of sp³-hybridized carbons (Fsp3) is 0.407. The first-order valence-corrected chi connectivity index (χ1v) is 14.3. The molecule has 1 aliphatic rings. The molecule has 3 heterocycles. The number of likely N-dealkylation sites (tertiary alicyclic amines) is 1. The number of hydrogen-bond acceptors (Lipinski definition) is 8. The second-order valence-electron chi connectivity index (χ2n) is 9.81. The summed E-state index contributed by atoms with van der Waals surface area (Å²) >= 11 is 7.38. The Balaban J connectivity index is 1.45. The van der Waals surface area contributed by atoms with Crippen LogP contribution >= 0.6 is 22.9 Å². The maximum absolute atomic E-state index is 13.5. The van der Waals surface area contributed by atoms with Crippen LogP contribution in [-0.2, 0) is 4.79 Å². The summed E-state index contributed by atoms with van der Waals surface area (Å²) in [4.78, 5) is 53.8. The first-order chi connectivity index (χ1) is 19.2. The molecule has 0 saturated carbocycles. The van der Waals surface area contributed by atoms with Gasteiger partial charge in [0.15, 0.2) is 11.7 Å². The molecule has 7 N–H and O–H groups in total. The van der Waals surface area contributed by atoms with Gasteiger partial charge in [0.05, 0.1) is 11.6 Å². The number of benzene rings is 1. The van der Waals surface area contributed by atoms with Gasteiger partial charge in [-0.15, -0.1) is 11.3 Å². The first-order valence-electron chi connectivity index (χ1n) is 13.0. The number of guanidine groups is 1. The molecule has 4 rings (SSSR count). The van der Waals surface area contributed by atoms with Gasteiger partial charge < -0.3 is 27.4 Å². The Labute approximate surface area is 241 Å². The summed E-state index contributed by atoms with van der Waals surface area (Å²) < 4.78 is 0. The molecule has 2 amide bonds. The number of nitrogens with zero attached hydrogens (tertiary/aromatic N) is 4. The van der Waals surface area contributed by atoms with Gasteiger partial charge in [0, 0.05) is 54.3 Å². The highest BCUT2D eigenvalue weighted by Crippen LogP contribution is 2.35. The number of thiazole rings is 1. The number of ketones is 1. The largest absolute Gasteiger partial charge is 0.370 e. The van der Waals surface area contributed by atoms with Crippen molar-refractivity contribution < 1.29 is 14.4 Å². The van der Waals surface area contributed by atoms with Crippen LogP contribution < -0.4 is 22.5 Å². The van der Waals surface area contributed by atoms with Crippen molar-refractivity contribution in [3.8, 4) is 0 Å². The number of carbonyl (C=O) groups is 3. The minimum Gasteiger partial charge on any atom is -0.370 e. The lowest BCUT2D eigenvalue weighted by Gasteiger charge is -2.22. The number of unbranched alkanes of at least 4 members (excludes halogenated alkanes) is 1. The van der Waals surface area contributed by atoms with Crippen molar-refractivity contribution in [3.05, 3.63) is 57.1 Å². The summed E-state index contributed by atoms with van der Waals surface area (Å²) in [5, 5.41) is 6.38. The molecule has 11 nitrogen and oxygen atoms in total. The standard InChI is InChI=1S/C27H33ClN8O3S/c1-32-24(38)16(4-2-3-9-33-27(30)31)11-23(37)21-14-40-25(35-21)22-12-18(29)13-36(22)26(39)20-7-5-15-10-17(28)6-8-19(15)34-20/h5-8,10,14,16,18,22H,2-4,9,11-13,29H2,1H3,(H,32,38)(H4,30,31,33)/t16-,18-,22+/m1/s1. The van der Waals surface area contributed by atoms with E-state index in [9.17, 15) is 14.4 Å². The van der Waals surface area contributed by atoms with Crippen LogP contribution in [0.15, 0.2) is 40.7 Å². The van der Waals surface area contributed by atoms with Crippen LogP contribution in [0.5, 0.6) is 0 Å². The van der Waals surface area contributed by atoms with E-state index in [1.165, 1.54) is 11.3 Å². The van der Waals surface area contributed by atoms with Crippen LogP contribution in [0.3, 0.4) is 0 Å². The maximum Gasteiger partial charge on any atom is 0.273 e. The second-order valence-corrected chi connectivity index (χ2v) is 11.1. The number of amides is 2. The fourth-order valence-electron chi connectivity index (χ4n) is 4.83. The summed E-state index contributed by atoms with van der Waals surface area (Å²) in [6.45, 7) is 0.819. The van der Waals surface area contributed by atoms with Gasteiger partial charge in [-0.2, -0.15) is 0 Å². The van der Waals surface area contributed by atoms with Crippen molar-refractivity contribution in [2.45, 2.75) is 44.2 Å². The van der Waals surface area contributed by atoms with Crippen molar-refractivity contribution in [1.82, 2.24) is 20.2 Å². The molecule has 0 aliphatic carbocycles. The van der Waals surface area contributed by atoms with Crippen molar-refractivity contribution >= 4 is 57.4 Å². The highest BCUT2D eigenvalue weighted by atomic mass is 35.5. The van der Waals surface area contributed by atoms with E-state index in [-0.39, 0.29) is 47.8 Å². The predicted molar refractivity (Wildman–Crippen MR) is 156 cm³/mol. The van der Waals surface area contributed by atoms with E-state index >= 15 is 0 Å². The molecule has 0 bridgehead atoms. The Morgan fingerprint density at radius 3 is 2.73 bits per heavy atom. The van der Waals surface area contributed by atoms with Crippen molar-refractivity contribution in [3.63, 3.8) is 0 Å². The zero-order valence-electron chi connectivity index (χ0n) is 22.2. The smallest absolute Gasteiger partial charge is 0.273 e. The number of rotatable bonds is 11.